The molecule has 1 aromatic rings. The predicted molar refractivity (Wildman–Crippen MR) is 81.0 cm³/mol. The Labute approximate surface area is 116 Å². The van der Waals surface area contributed by atoms with Gasteiger partial charge >= 0.3 is 0 Å². The van der Waals surface area contributed by atoms with E-state index in [1.54, 1.807) is 6.07 Å². The zero-order valence-electron chi connectivity index (χ0n) is 12.6. The maximum absolute atomic E-state index is 14.2. The zero-order chi connectivity index (χ0) is 14.4. The first-order valence-electron chi connectivity index (χ1n) is 7.33. The summed E-state index contributed by atoms with van der Waals surface area (Å²) in [6.07, 6.45) is 2.24. The summed E-state index contributed by atoms with van der Waals surface area (Å²) in [6.45, 7) is 10.1. The van der Waals surface area contributed by atoms with Crippen LogP contribution in [0.4, 0.5) is 10.1 Å². The quantitative estimate of drug-likeness (QED) is 0.804. The normalized spacial score (nSPS) is 12.8. The smallest absolute Gasteiger partial charge is 0.146 e. The zero-order valence-corrected chi connectivity index (χ0v) is 12.6. The number of benzene rings is 1. The molecule has 1 aromatic carbocycles. The van der Waals surface area contributed by atoms with Crippen molar-refractivity contribution in [3.8, 4) is 0 Å². The highest BCUT2D eigenvalue weighted by molar-refractivity contribution is 5.56. The van der Waals surface area contributed by atoms with Crippen molar-refractivity contribution in [2.75, 3.05) is 18.0 Å². The molecule has 0 fully saturated rings. The van der Waals surface area contributed by atoms with Gasteiger partial charge in [-0.15, -0.1) is 0 Å². The van der Waals surface area contributed by atoms with Crippen LogP contribution in [-0.4, -0.2) is 13.1 Å². The first-order chi connectivity index (χ1) is 9.04. The molecule has 0 heterocycles. The summed E-state index contributed by atoms with van der Waals surface area (Å²) in [5, 5.41) is 0. The lowest BCUT2D eigenvalue weighted by atomic mass is 10.0. The van der Waals surface area contributed by atoms with Gasteiger partial charge < -0.3 is 10.6 Å². The van der Waals surface area contributed by atoms with E-state index in [-0.39, 0.29) is 11.9 Å². The third-order valence-corrected chi connectivity index (χ3v) is 3.84. The molecule has 2 N–H and O–H groups in total. The summed E-state index contributed by atoms with van der Waals surface area (Å²) < 4.78 is 14.2. The molecule has 19 heavy (non-hydrogen) atoms. The van der Waals surface area contributed by atoms with E-state index in [0.29, 0.717) is 11.6 Å². The monoisotopic (exact) mass is 266 g/mol. The summed E-state index contributed by atoms with van der Waals surface area (Å²) in [6, 6.07) is 5.04. The third-order valence-electron chi connectivity index (χ3n) is 3.84. The van der Waals surface area contributed by atoms with Gasteiger partial charge in [0.15, 0.2) is 0 Å². The van der Waals surface area contributed by atoms with Crippen LogP contribution < -0.4 is 10.6 Å². The van der Waals surface area contributed by atoms with Crippen LogP contribution in [0.2, 0.25) is 0 Å². The maximum atomic E-state index is 14.2. The highest BCUT2D eigenvalue weighted by atomic mass is 19.1. The van der Waals surface area contributed by atoms with Gasteiger partial charge in [-0.2, -0.15) is 0 Å². The minimum Gasteiger partial charge on any atom is -0.369 e. The second kappa shape index (κ2) is 7.49. The van der Waals surface area contributed by atoms with Crippen LogP contribution in [-0.2, 0) is 0 Å². The van der Waals surface area contributed by atoms with E-state index in [0.717, 1.165) is 31.5 Å². The van der Waals surface area contributed by atoms with Gasteiger partial charge in [-0.25, -0.2) is 4.39 Å². The van der Waals surface area contributed by atoms with Gasteiger partial charge in [0.25, 0.3) is 0 Å². The SMILES string of the molecule is CCC(CC)CN(CC)c1c(F)cccc1[C@@H](C)N. The van der Waals surface area contributed by atoms with Crippen LogP contribution in [0.5, 0.6) is 0 Å². The molecule has 1 rings (SSSR count). The molecule has 0 bridgehead atoms. The summed E-state index contributed by atoms with van der Waals surface area (Å²) in [5.74, 6) is 0.433. The first-order valence-corrected chi connectivity index (χ1v) is 7.33. The minimum absolute atomic E-state index is 0.151. The molecule has 0 aliphatic rings. The van der Waals surface area contributed by atoms with Gasteiger partial charge in [0.05, 0.1) is 5.69 Å². The van der Waals surface area contributed by atoms with Gasteiger partial charge in [-0.1, -0.05) is 38.8 Å². The lowest BCUT2D eigenvalue weighted by Crippen LogP contribution is -2.31. The molecular weight excluding hydrogens is 239 g/mol. The lowest BCUT2D eigenvalue weighted by molar-refractivity contribution is 0.480. The second-order valence-corrected chi connectivity index (χ2v) is 5.19. The highest BCUT2D eigenvalue weighted by Crippen LogP contribution is 2.29. The molecule has 0 saturated heterocycles. The molecule has 0 spiro atoms. The number of para-hydroxylation sites is 1. The molecule has 0 aliphatic carbocycles. The third kappa shape index (κ3) is 3.93. The van der Waals surface area contributed by atoms with Crippen molar-refractivity contribution in [1.29, 1.82) is 0 Å². The number of anilines is 1. The van der Waals surface area contributed by atoms with E-state index in [9.17, 15) is 4.39 Å². The summed E-state index contributed by atoms with van der Waals surface area (Å²) in [7, 11) is 0. The Morgan fingerprint density at radius 1 is 1.21 bits per heavy atom. The molecule has 0 aliphatic heterocycles. The van der Waals surface area contributed by atoms with Gasteiger partial charge in [0.1, 0.15) is 5.82 Å². The fourth-order valence-corrected chi connectivity index (χ4v) is 2.47. The molecule has 1 atom stereocenters. The summed E-state index contributed by atoms with van der Waals surface area (Å²) in [4.78, 5) is 2.13. The van der Waals surface area contributed by atoms with Crippen LogP contribution in [0.3, 0.4) is 0 Å². The molecule has 108 valence electrons. The lowest BCUT2D eigenvalue weighted by Gasteiger charge is -2.30. The Balaban J connectivity index is 3.10. The minimum atomic E-state index is -0.164. The van der Waals surface area contributed by atoms with Crippen LogP contribution in [0.1, 0.15) is 52.1 Å². The Bertz CT molecular complexity index is 386. The van der Waals surface area contributed by atoms with E-state index in [1.165, 1.54) is 6.07 Å². The molecular formula is C16H27FN2. The molecule has 2 nitrogen and oxygen atoms in total. The van der Waals surface area contributed by atoms with Gasteiger partial charge in [0, 0.05) is 19.1 Å². The topological polar surface area (TPSA) is 29.3 Å². The fraction of sp³-hybridized carbons (Fsp3) is 0.625. The average Bonchev–Trinajstić information content (AvgIpc) is 2.40. The molecule has 0 amide bonds. The first kappa shape index (κ1) is 16.0. The summed E-state index contributed by atoms with van der Waals surface area (Å²) in [5.41, 5.74) is 7.56. The van der Waals surface area contributed by atoms with Crippen LogP contribution in [0.25, 0.3) is 0 Å². The van der Waals surface area contributed by atoms with Gasteiger partial charge in [-0.05, 0) is 31.4 Å². The number of nitrogens with zero attached hydrogens (tertiary/aromatic N) is 1. The molecule has 0 unspecified atom stereocenters. The van der Waals surface area contributed by atoms with Crippen molar-refractivity contribution >= 4 is 5.69 Å². The van der Waals surface area contributed by atoms with Crippen molar-refractivity contribution in [2.24, 2.45) is 11.7 Å². The van der Waals surface area contributed by atoms with Crippen molar-refractivity contribution in [3.63, 3.8) is 0 Å². The molecule has 3 heteroatoms. The van der Waals surface area contributed by atoms with Crippen LogP contribution in [0, 0.1) is 11.7 Å². The van der Waals surface area contributed by atoms with Gasteiger partial charge in [-0.3, -0.25) is 0 Å². The van der Waals surface area contributed by atoms with Crippen LogP contribution >= 0.6 is 0 Å². The van der Waals surface area contributed by atoms with E-state index in [1.807, 2.05) is 13.0 Å². The van der Waals surface area contributed by atoms with E-state index in [4.69, 9.17) is 5.73 Å². The van der Waals surface area contributed by atoms with Crippen molar-refractivity contribution < 1.29 is 4.39 Å². The molecule has 0 radical (unpaired) electrons. The van der Waals surface area contributed by atoms with E-state index < -0.39 is 0 Å². The predicted octanol–water partition coefficient (Wildman–Crippen LogP) is 4.11. The second-order valence-electron chi connectivity index (χ2n) is 5.19. The highest BCUT2D eigenvalue weighted by Gasteiger charge is 2.19. The average molecular weight is 266 g/mol. The molecule has 0 aromatic heterocycles. The van der Waals surface area contributed by atoms with Crippen LogP contribution in [0.15, 0.2) is 18.2 Å². The number of nitrogens with two attached hydrogens (primary N) is 1. The Kier molecular flexibility index (Phi) is 6.29. The largest absolute Gasteiger partial charge is 0.369 e. The van der Waals surface area contributed by atoms with Gasteiger partial charge in [0.2, 0.25) is 0 Å². The van der Waals surface area contributed by atoms with Crippen molar-refractivity contribution in [3.05, 3.63) is 29.6 Å². The Hall–Kier alpha value is -1.09. The van der Waals surface area contributed by atoms with Crippen molar-refractivity contribution in [1.82, 2.24) is 0 Å². The number of hydrogen-bond acceptors (Lipinski definition) is 2. The Morgan fingerprint density at radius 3 is 2.32 bits per heavy atom. The van der Waals surface area contributed by atoms with E-state index in [2.05, 4.69) is 25.7 Å². The number of rotatable bonds is 7. The maximum Gasteiger partial charge on any atom is 0.146 e. The van der Waals surface area contributed by atoms with Crippen molar-refractivity contribution in [2.45, 2.75) is 46.6 Å². The summed E-state index contributed by atoms with van der Waals surface area (Å²) >= 11 is 0. The fourth-order valence-electron chi connectivity index (χ4n) is 2.47. The standard InChI is InChI=1S/C16H27FN2/c1-5-13(6-2)11-19(7-3)16-14(12(4)18)9-8-10-15(16)17/h8-10,12-13H,5-7,11,18H2,1-4H3/t12-/m1/s1. The molecule has 0 saturated carbocycles. The number of halogens is 1. The number of hydrogen-bond donors (Lipinski definition) is 1. The Morgan fingerprint density at radius 2 is 1.84 bits per heavy atom. The van der Waals surface area contributed by atoms with E-state index >= 15 is 0 Å².